The normalized spacial score (nSPS) is 24.7. The van der Waals surface area contributed by atoms with Crippen LogP contribution in [0.1, 0.15) is 37.7 Å². The lowest BCUT2D eigenvalue weighted by atomic mass is 9.96. The minimum atomic E-state index is 0. The van der Waals surface area contributed by atoms with Crippen molar-refractivity contribution in [3.05, 3.63) is 23.8 Å². The van der Waals surface area contributed by atoms with Gasteiger partial charge in [0.2, 0.25) is 5.91 Å². The van der Waals surface area contributed by atoms with Gasteiger partial charge in [-0.25, -0.2) is 0 Å². The van der Waals surface area contributed by atoms with Crippen LogP contribution in [0, 0.1) is 11.8 Å². The third kappa shape index (κ3) is 4.09. The lowest BCUT2D eigenvalue weighted by Crippen LogP contribution is -2.41. The molecule has 1 aliphatic carbocycles. The van der Waals surface area contributed by atoms with E-state index in [0.29, 0.717) is 25.0 Å². The number of halogens is 1. The highest BCUT2D eigenvalue weighted by molar-refractivity contribution is 5.85. The number of ether oxygens (including phenoxy) is 2. The van der Waals surface area contributed by atoms with Gasteiger partial charge >= 0.3 is 0 Å². The van der Waals surface area contributed by atoms with Crippen LogP contribution in [-0.2, 0) is 4.79 Å². The molecule has 5 nitrogen and oxygen atoms in total. The largest absolute Gasteiger partial charge is 0.486 e. The van der Waals surface area contributed by atoms with Crippen LogP contribution in [0.2, 0.25) is 0 Å². The third-order valence-corrected chi connectivity index (χ3v) is 5.71. The van der Waals surface area contributed by atoms with E-state index in [2.05, 4.69) is 29.3 Å². The average molecular weight is 381 g/mol. The summed E-state index contributed by atoms with van der Waals surface area (Å²) in [7, 11) is 0. The molecule has 0 aromatic heterocycles. The van der Waals surface area contributed by atoms with E-state index < -0.39 is 0 Å². The summed E-state index contributed by atoms with van der Waals surface area (Å²) in [6.45, 7) is 7.30. The molecule has 2 unspecified atom stereocenters. The number of benzene rings is 1. The Labute approximate surface area is 161 Å². The van der Waals surface area contributed by atoms with Gasteiger partial charge in [-0.05, 0) is 61.9 Å². The number of amides is 1. The number of carbonyl (C=O) groups excluding carboxylic acids is 1. The van der Waals surface area contributed by atoms with Crippen LogP contribution in [0.3, 0.4) is 0 Å². The smallest absolute Gasteiger partial charge is 0.226 e. The highest BCUT2D eigenvalue weighted by Gasteiger charge is 2.46. The quantitative estimate of drug-likeness (QED) is 0.853. The van der Waals surface area contributed by atoms with E-state index in [1.54, 1.807) is 0 Å². The Balaban J connectivity index is 0.00000196. The number of hydrogen-bond acceptors (Lipinski definition) is 4. The van der Waals surface area contributed by atoms with E-state index >= 15 is 0 Å². The van der Waals surface area contributed by atoms with Gasteiger partial charge in [0.15, 0.2) is 11.5 Å². The maximum atomic E-state index is 12.8. The molecule has 1 N–H and O–H groups in total. The van der Waals surface area contributed by atoms with Crippen LogP contribution in [0.25, 0.3) is 0 Å². The average Bonchev–Trinajstić information content (AvgIpc) is 3.46. The van der Waals surface area contributed by atoms with E-state index in [1.165, 1.54) is 5.56 Å². The number of carbonyl (C=O) groups is 1. The molecule has 26 heavy (non-hydrogen) atoms. The molecule has 1 amide bonds. The Morgan fingerprint density at radius 3 is 2.65 bits per heavy atom. The first kappa shape index (κ1) is 19.3. The molecule has 3 aliphatic rings. The van der Waals surface area contributed by atoms with E-state index in [1.807, 2.05) is 6.07 Å². The molecule has 4 rings (SSSR count). The van der Waals surface area contributed by atoms with Crippen LogP contribution in [-0.4, -0.2) is 50.2 Å². The Hall–Kier alpha value is -1.46. The van der Waals surface area contributed by atoms with Crippen molar-refractivity contribution in [3.8, 4) is 11.5 Å². The molecule has 1 saturated heterocycles. The number of nitrogens with one attached hydrogen (secondary N) is 1. The van der Waals surface area contributed by atoms with Crippen LogP contribution in [0.4, 0.5) is 0 Å². The Morgan fingerprint density at radius 1 is 1.19 bits per heavy atom. The standard InChI is InChI=1S/C20H28N2O3.ClH/c1-2-21-13-14-5-7-22(8-6-14)20(23)17-12-16(17)15-3-4-18-19(11-15)25-10-9-24-18;/h3-4,11,14,16-17,21H,2,5-10,12-13H2,1H3;1H. The van der Waals surface area contributed by atoms with E-state index in [9.17, 15) is 4.79 Å². The van der Waals surface area contributed by atoms with Crippen LogP contribution in [0.5, 0.6) is 11.5 Å². The molecule has 0 spiro atoms. The van der Waals surface area contributed by atoms with Gasteiger partial charge in [0.05, 0.1) is 0 Å². The second-order valence-electron chi connectivity index (χ2n) is 7.43. The summed E-state index contributed by atoms with van der Waals surface area (Å²) in [6, 6.07) is 6.14. The molecule has 1 aromatic carbocycles. The summed E-state index contributed by atoms with van der Waals surface area (Å²) in [4.78, 5) is 14.9. The summed E-state index contributed by atoms with van der Waals surface area (Å²) in [5.74, 6) is 3.22. The van der Waals surface area contributed by atoms with Crippen molar-refractivity contribution in [2.75, 3.05) is 39.4 Å². The zero-order valence-corrected chi connectivity index (χ0v) is 16.2. The van der Waals surface area contributed by atoms with Gasteiger partial charge in [-0.2, -0.15) is 0 Å². The molecule has 2 fully saturated rings. The third-order valence-electron chi connectivity index (χ3n) is 5.71. The molecule has 0 radical (unpaired) electrons. The minimum absolute atomic E-state index is 0. The highest BCUT2D eigenvalue weighted by atomic mass is 35.5. The SMILES string of the molecule is CCNCC1CCN(C(=O)C2CC2c2ccc3c(c2)OCCO3)CC1.Cl. The number of fused-ring (bicyclic) bond motifs is 1. The first-order chi connectivity index (χ1) is 12.3. The van der Waals surface area contributed by atoms with Crippen molar-refractivity contribution in [1.82, 2.24) is 10.2 Å². The number of rotatable bonds is 5. The maximum Gasteiger partial charge on any atom is 0.226 e. The van der Waals surface area contributed by atoms with Gasteiger partial charge in [-0.3, -0.25) is 4.79 Å². The molecule has 0 bridgehead atoms. The van der Waals surface area contributed by atoms with Gasteiger partial charge < -0.3 is 19.7 Å². The van der Waals surface area contributed by atoms with Gasteiger partial charge in [0, 0.05) is 19.0 Å². The van der Waals surface area contributed by atoms with E-state index in [-0.39, 0.29) is 18.3 Å². The Bertz CT molecular complexity index is 631. The summed E-state index contributed by atoms with van der Waals surface area (Å²) in [6.07, 6.45) is 3.22. The molecular formula is C20H29ClN2O3. The lowest BCUT2D eigenvalue weighted by Gasteiger charge is -2.32. The fourth-order valence-electron chi connectivity index (χ4n) is 4.07. The molecule has 1 aromatic rings. The molecule has 6 heteroatoms. The maximum absolute atomic E-state index is 12.8. The monoisotopic (exact) mass is 380 g/mol. The fraction of sp³-hybridized carbons (Fsp3) is 0.650. The predicted molar refractivity (Wildman–Crippen MR) is 103 cm³/mol. The van der Waals surface area contributed by atoms with Crippen LogP contribution in [0.15, 0.2) is 18.2 Å². The topological polar surface area (TPSA) is 50.8 Å². The molecule has 1 saturated carbocycles. The number of nitrogens with zero attached hydrogens (tertiary/aromatic N) is 1. The molecule has 2 aliphatic heterocycles. The summed E-state index contributed by atoms with van der Waals surface area (Å²) >= 11 is 0. The number of piperidine rings is 1. The molecule has 2 heterocycles. The van der Waals surface area contributed by atoms with E-state index in [4.69, 9.17) is 9.47 Å². The number of likely N-dealkylation sites (tertiary alicyclic amines) is 1. The highest BCUT2D eigenvalue weighted by Crippen LogP contribution is 2.50. The van der Waals surface area contributed by atoms with Crippen molar-refractivity contribution in [1.29, 1.82) is 0 Å². The molecular weight excluding hydrogens is 352 g/mol. The summed E-state index contributed by atoms with van der Waals surface area (Å²) < 4.78 is 11.3. The van der Waals surface area contributed by atoms with Crippen molar-refractivity contribution in [3.63, 3.8) is 0 Å². The van der Waals surface area contributed by atoms with Crippen LogP contribution >= 0.6 is 12.4 Å². The van der Waals surface area contributed by atoms with Crippen LogP contribution < -0.4 is 14.8 Å². The second-order valence-corrected chi connectivity index (χ2v) is 7.43. The predicted octanol–water partition coefficient (Wildman–Crippen LogP) is 2.83. The molecule has 2 atom stereocenters. The van der Waals surface area contributed by atoms with Crippen molar-refractivity contribution < 1.29 is 14.3 Å². The Morgan fingerprint density at radius 2 is 1.92 bits per heavy atom. The van der Waals surface area contributed by atoms with Gasteiger partial charge in [0.1, 0.15) is 13.2 Å². The summed E-state index contributed by atoms with van der Waals surface area (Å²) in [5.41, 5.74) is 1.21. The first-order valence-electron chi connectivity index (χ1n) is 9.65. The van der Waals surface area contributed by atoms with Crippen molar-refractivity contribution in [2.45, 2.75) is 32.1 Å². The zero-order valence-electron chi connectivity index (χ0n) is 15.4. The van der Waals surface area contributed by atoms with Gasteiger partial charge in [-0.15, -0.1) is 12.4 Å². The zero-order chi connectivity index (χ0) is 17.2. The van der Waals surface area contributed by atoms with Gasteiger partial charge in [-0.1, -0.05) is 13.0 Å². The first-order valence-corrected chi connectivity index (χ1v) is 9.65. The van der Waals surface area contributed by atoms with E-state index in [0.717, 1.165) is 62.9 Å². The fourth-order valence-corrected chi connectivity index (χ4v) is 4.07. The minimum Gasteiger partial charge on any atom is -0.486 e. The Kier molecular flexibility index (Phi) is 6.30. The van der Waals surface area contributed by atoms with Crippen molar-refractivity contribution >= 4 is 18.3 Å². The second kappa shape index (κ2) is 8.49. The van der Waals surface area contributed by atoms with Crippen molar-refractivity contribution in [2.24, 2.45) is 11.8 Å². The number of hydrogen-bond donors (Lipinski definition) is 1. The summed E-state index contributed by atoms with van der Waals surface area (Å²) in [5, 5.41) is 3.43. The van der Waals surface area contributed by atoms with Gasteiger partial charge in [0.25, 0.3) is 0 Å². The molecule has 144 valence electrons. The lowest BCUT2D eigenvalue weighted by molar-refractivity contribution is -0.134.